The van der Waals surface area contributed by atoms with Crippen molar-refractivity contribution in [2.24, 2.45) is 0 Å². The zero-order valence-electron chi connectivity index (χ0n) is 19.2. The van der Waals surface area contributed by atoms with Gasteiger partial charge in [0.15, 0.2) is 0 Å². The Labute approximate surface area is 210 Å². The van der Waals surface area contributed by atoms with Gasteiger partial charge in [-0.15, -0.1) is 0 Å². The summed E-state index contributed by atoms with van der Waals surface area (Å²) in [6.45, 7) is 0.227. The molecule has 0 aromatic heterocycles. The third-order valence-corrected chi connectivity index (χ3v) is 6.69. The van der Waals surface area contributed by atoms with E-state index in [1.165, 1.54) is 18.2 Å². The fourth-order valence-electron chi connectivity index (χ4n) is 3.46. The van der Waals surface area contributed by atoms with Gasteiger partial charge in [0.2, 0.25) is 0 Å². The van der Waals surface area contributed by atoms with Crippen LogP contribution in [0, 0.1) is 11.3 Å². The zero-order chi connectivity index (χ0) is 25.4. The van der Waals surface area contributed by atoms with Crippen LogP contribution in [0.4, 0.5) is 11.4 Å². The summed E-state index contributed by atoms with van der Waals surface area (Å²) in [5.41, 5.74) is 2.84. The lowest BCUT2D eigenvalue weighted by Gasteiger charge is -2.13. The summed E-state index contributed by atoms with van der Waals surface area (Å²) in [5, 5.41) is 11.7. The molecule has 0 spiro atoms. The molecule has 1 amide bonds. The van der Waals surface area contributed by atoms with Crippen molar-refractivity contribution < 1.29 is 17.9 Å². The highest BCUT2D eigenvalue weighted by atomic mass is 32.2. The number of anilines is 2. The summed E-state index contributed by atoms with van der Waals surface area (Å²) in [7, 11) is -3.78. The fraction of sp³-hybridized carbons (Fsp3) is 0.0714. The second-order valence-electron chi connectivity index (χ2n) is 7.88. The molecule has 0 atom stereocenters. The molecule has 0 saturated heterocycles. The number of ether oxygens (including phenoxy) is 1. The van der Waals surface area contributed by atoms with Crippen LogP contribution in [0.25, 0.3) is 0 Å². The Morgan fingerprint density at radius 1 is 0.861 bits per heavy atom. The smallest absolute Gasteiger partial charge is 0.261 e. The Morgan fingerprint density at radius 3 is 2.33 bits per heavy atom. The molecule has 0 aliphatic rings. The SMILES string of the molecule is N#CCc1ccc(OCc2ccccc2NC(=O)c2cccc(NS(=O)(=O)c3ccccc3)c2)cc1. The maximum atomic E-state index is 13.0. The topological polar surface area (TPSA) is 108 Å². The monoisotopic (exact) mass is 497 g/mol. The number of rotatable bonds is 9. The molecule has 4 rings (SSSR count). The van der Waals surface area contributed by atoms with Gasteiger partial charge in [0, 0.05) is 22.5 Å². The van der Waals surface area contributed by atoms with Crippen LogP contribution in [0.1, 0.15) is 21.5 Å². The summed E-state index contributed by atoms with van der Waals surface area (Å²) in [6.07, 6.45) is 0.337. The molecule has 36 heavy (non-hydrogen) atoms. The molecule has 0 bridgehead atoms. The highest BCUT2D eigenvalue weighted by Crippen LogP contribution is 2.22. The lowest BCUT2D eigenvalue weighted by atomic mass is 10.1. The van der Waals surface area contributed by atoms with Crippen molar-refractivity contribution >= 4 is 27.3 Å². The molecule has 7 nitrogen and oxygen atoms in total. The predicted molar refractivity (Wildman–Crippen MR) is 138 cm³/mol. The van der Waals surface area contributed by atoms with Crippen molar-refractivity contribution in [3.05, 3.63) is 120 Å². The lowest BCUT2D eigenvalue weighted by molar-refractivity contribution is 0.102. The van der Waals surface area contributed by atoms with E-state index in [0.717, 1.165) is 11.1 Å². The van der Waals surface area contributed by atoms with Gasteiger partial charge in [0.1, 0.15) is 12.4 Å². The van der Waals surface area contributed by atoms with Gasteiger partial charge in [0.05, 0.1) is 17.4 Å². The first kappa shape index (κ1) is 24.5. The third-order valence-electron chi connectivity index (χ3n) is 5.30. The average Bonchev–Trinajstić information content (AvgIpc) is 2.89. The first-order valence-corrected chi connectivity index (χ1v) is 12.6. The van der Waals surface area contributed by atoms with Crippen molar-refractivity contribution in [2.75, 3.05) is 10.0 Å². The molecule has 0 saturated carbocycles. The molecule has 0 heterocycles. The molecule has 180 valence electrons. The van der Waals surface area contributed by atoms with Crippen molar-refractivity contribution in [1.29, 1.82) is 5.26 Å². The molecule has 0 fully saturated rings. The molecule has 8 heteroatoms. The molecular formula is C28H23N3O4S. The molecule has 0 radical (unpaired) electrons. The number of sulfonamides is 1. The molecule has 0 unspecified atom stereocenters. The van der Waals surface area contributed by atoms with E-state index in [-0.39, 0.29) is 23.1 Å². The number of nitrogens with one attached hydrogen (secondary N) is 2. The van der Waals surface area contributed by atoms with Gasteiger partial charge in [-0.2, -0.15) is 5.26 Å². The first-order chi connectivity index (χ1) is 17.4. The van der Waals surface area contributed by atoms with Crippen molar-refractivity contribution in [3.63, 3.8) is 0 Å². The Morgan fingerprint density at radius 2 is 1.58 bits per heavy atom. The van der Waals surface area contributed by atoms with Gasteiger partial charge in [-0.05, 0) is 54.1 Å². The molecule has 0 aliphatic heterocycles. The average molecular weight is 498 g/mol. The van der Waals surface area contributed by atoms with Crippen LogP contribution in [-0.2, 0) is 23.1 Å². The number of nitrogens with zero attached hydrogens (tertiary/aromatic N) is 1. The van der Waals surface area contributed by atoms with Gasteiger partial charge >= 0.3 is 0 Å². The number of nitriles is 1. The van der Waals surface area contributed by atoms with Crippen LogP contribution in [-0.4, -0.2) is 14.3 Å². The number of carbonyl (C=O) groups excluding carboxylic acids is 1. The van der Waals surface area contributed by atoms with Crippen LogP contribution >= 0.6 is 0 Å². The summed E-state index contributed by atoms with van der Waals surface area (Å²) < 4.78 is 33.6. The van der Waals surface area contributed by atoms with Crippen molar-refractivity contribution in [3.8, 4) is 11.8 Å². The summed E-state index contributed by atoms with van der Waals surface area (Å²) in [6, 6.07) is 31.0. The zero-order valence-corrected chi connectivity index (χ0v) is 20.0. The Hall–Kier alpha value is -4.61. The minimum atomic E-state index is -3.78. The Bertz CT molecular complexity index is 1500. The van der Waals surface area contributed by atoms with E-state index in [2.05, 4.69) is 16.1 Å². The van der Waals surface area contributed by atoms with E-state index in [4.69, 9.17) is 10.00 Å². The minimum Gasteiger partial charge on any atom is -0.489 e. The summed E-state index contributed by atoms with van der Waals surface area (Å²) in [4.78, 5) is 13.1. The number of para-hydroxylation sites is 1. The number of benzene rings is 4. The van der Waals surface area contributed by atoms with Crippen LogP contribution in [0.3, 0.4) is 0 Å². The van der Waals surface area contributed by atoms with Crippen molar-refractivity contribution in [2.45, 2.75) is 17.9 Å². The number of hydrogen-bond donors (Lipinski definition) is 2. The van der Waals surface area contributed by atoms with Crippen LogP contribution < -0.4 is 14.8 Å². The highest BCUT2D eigenvalue weighted by Gasteiger charge is 2.15. The second kappa shape index (κ2) is 11.2. The molecular weight excluding hydrogens is 474 g/mol. The predicted octanol–water partition coefficient (Wildman–Crippen LogP) is 5.38. The van der Waals surface area contributed by atoms with E-state index < -0.39 is 10.0 Å². The number of carbonyl (C=O) groups is 1. The van der Waals surface area contributed by atoms with Crippen LogP contribution in [0.15, 0.2) is 108 Å². The molecule has 0 aliphatic carbocycles. The van der Waals surface area contributed by atoms with E-state index in [9.17, 15) is 13.2 Å². The van der Waals surface area contributed by atoms with Gasteiger partial charge in [-0.25, -0.2) is 8.42 Å². The highest BCUT2D eigenvalue weighted by molar-refractivity contribution is 7.92. The third kappa shape index (κ3) is 6.29. The van der Waals surface area contributed by atoms with Crippen molar-refractivity contribution in [1.82, 2.24) is 0 Å². The maximum Gasteiger partial charge on any atom is 0.261 e. The Balaban J connectivity index is 1.44. The summed E-state index contributed by atoms with van der Waals surface area (Å²) >= 11 is 0. The van der Waals surface area contributed by atoms with Gasteiger partial charge in [-0.3, -0.25) is 9.52 Å². The maximum absolute atomic E-state index is 13.0. The van der Waals surface area contributed by atoms with Crippen LogP contribution in [0.2, 0.25) is 0 Å². The van der Waals surface area contributed by atoms with E-state index in [0.29, 0.717) is 23.4 Å². The lowest BCUT2D eigenvalue weighted by Crippen LogP contribution is -2.16. The van der Waals surface area contributed by atoms with E-state index in [1.807, 2.05) is 24.3 Å². The Kier molecular flexibility index (Phi) is 7.63. The molecule has 4 aromatic rings. The quantitative estimate of drug-likeness (QED) is 0.323. The van der Waals surface area contributed by atoms with Gasteiger partial charge in [-0.1, -0.05) is 54.6 Å². The van der Waals surface area contributed by atoms with Crippen LogP contribution in [0.5, 0.6) is 5.75 Å². The minimum absolute atomic E-state index is 0.133. The normalized spacial score (nSPS) is 10.8. The van der Waals surface area contributed by atoms with Gasteiger partial charge in [0.25, 0.3) is 15.9 Å². The fourth-order valence-corrected chi connectivity index (χ4v) is 4.53. The first-order valence-electron chi connectivity index (χ1n) is 11.1. The second-order valence-corrected chi connectivity index (χ2v) is 9.56. The summed E-state index contributed by atoms with van der Waals surface area (Å²) in [5.74, 6) is 0.264. The number of hydrogen-bond acceptors (Lipinski definition) is 5. The van der Waals surface area contributed by atoms with Gasteiger partial charge < -0.3 is 10.1 Å². The van der Waals surface area contributed by atoms with E-state index >= 15 is 0 Å². The largest absolute Gasteiger partial charge is 0.489 e. The molecule has 4 aromatic carbocycles. The standard InChI is InChI=1S/C28H23N3O4S/c29-18-17-21-13-15-25(16-14-21)35-20-23-7-4-5-12-27(23)30-28(32)22-8-6-9-24(19-22)31-36(33,34)26-10-2-1-3-11-26/h1-16,19,31H,17,20H2,(H,30,32). The molecule has 2 N–H and O–H groups in total. The number of amides is 1. The van der Waals surface area contributed by atoms with E-state index in [1.54, 1.807) is 60.7 Å².